The van der Waals surface area contributed by atoms with Crippen LogP contribution in [-0.2, 0) is 25.6 Å². The minimum absolute atomic E-state index is 0.112. The second-order valence-electron chi connectivity index (χ2n) is 20.9. The maximum absolute atomic E-state index is 13.6. The zero-order valence-electron chi connectivity index (χ0n) is 40.9. The Morgan fingerprint density at radius 2 is 1.38 bits per heavy atom. The minimum atomic E-state index is -0.774. The van der Waals surface area contributed by atoms with Gasteiger partial charge in [-0.3, -0.25) is 14.4 Å². The smallest absolute Gasteiger partial charge is 0.410 e. The summed E-state index contributed by atoms with van der Waals surface area (Å²) in [6.45, 7) is 20.5. The summed E-state index contributed by atoms with van der Waals surface area (Å²) in [5.41, 5.74) is 0.829. The number of carboxylic acids is 1. The van der Waals surface area contributed by atoms with Gasteiger partial charge in [0.15, 0.2) is 0 Å². The lowest BCUT2D eigenvalue weighted by Crippen LogP contribution is -2.50. The van der Waals surface area contributed by atoms with Gasteiger partial charge in [-0.25, -0.2) is 9.59 Å². The predicted octanol–water partition coefficient (Wildman–Crippen LogP) is 7.33. The summed E-state index contributed by atoms with van der Waals surface area (Å²) in [5.74, 6) is -0.417. The average Bonchev–Trinajstić information content (AvgIpc) is 3.64. The molecule has 4 aliphatic rings. The highest BCUT2D eigenvalue weighted by Gasteiger charge is 2.35. The largest absolute Gasteiger partial charge is 0.481 e. The summed E-state index contributed by atoms with van der Waals surface area (Å²) >= 11 is 0. The number of piperidine rings is 3. The van der Waals surface area contributed by atoms with Crippen LogP contribution in [0.3, 0.4) is 0 Å². The fourth-order valence-corrected chi connectivity index (χ4v) is 8.93. The van der Waals surface area contributed by atoms with E-state index in [1.54, 1.807) is 9.80 Å². The molecule has 368 valence electrons. The van der Waals surface area contributed by atoms with E-state index >= 15 is 0 Å². The summed E-state index contributed by atoms with van der Waals surface area (Å²) in [4.78, 5) is 64.0. The monoisotopic (exact) mass is 922 g/mol. The highest BCUT2D eigenvalue weighted by atomic mass is 16.6. The van der Waals surface area contributed by atoms with Crippen molar-refractivity contribution in [2.75, 3.05) is 45.9 Å². The predicted molar refractivity (Wildman–Crippen MR) is 254 cm³/mol. The molecule has 0 unspecified atom stereocenters. The van der Waals surface area contributed by atoms with Gasteiger partial charge in [0, 0.05) is 56.3 Å². The van der Waals surface area contributed by atoms with Gasteiger partial charge in [0.05, 0.1) is 17.9 Å². The van der Waals surface area contributed by atoms with Crippen molar-refractivity contribution in [1.29, 1.82) is 5.26 Å². The zero-order valence-corrected chi connectivity index (χ0v) is 40.9. The van der Waals surface area contributed by atoms with Gasteiger partial charge in [-0.15, -0.1) is 0 Å². The molecule has 0 spiro atoms. The minimum Gasteiger partial charge on any atom is -0.481 e. The van der Waals surface area contributed by atoms with Gasteiger partial charge >= 0.3 is 18.2 Å². The van der Waals surface area contributed by atoms with Crippen LogP contribution in [0.25, 0.3) is 10.9 Å². The third-order valence-corrected chi connectivity index (χ3v) is 12.6. The standard InChI is InChI=1S/C28H39N5O2.C11H19NO4.C11H21NO3/c1-19(2)15-22(17-29)31-27(34)23-8-4-5-9-24(23)32-28(35)26-16-21-7-3-6-10-25(21)33(26)18-20-11-13-30-14-12-20;1-11(2,3)16-10(15)12-6-4-8(5-7-12)9(13)14;1-11(2,3)15-10(14)12-6-4-9(8-13)5-7-12/h3,6-7,10,16,19-20,22-24,30H,4-5,8-9,11-15,18H2,1-2H3,(H,31,34)(H,32,35);8H,4-7H2,1-3H3,(H,13,14);9,13H,4-8H2,1-3H3/t22-,23+,24-;;/m0../s1. The van der Waals surface area contributed by atoms with Crippen molar-refractivity contribution in [3.8, 4) is 6.07 Å². The number of aliphatic hydroxyl groups excluding tert-OH is 1. The van der Waals surface area contributed by atoms with Crippen LogP contribution in [0.15, 0.2) is 30.3 Å². The number of carboxylic acid groups (broad SMARTS) is 1. The van der Waals surface area contributed by atoms with Gasteiger partial charge in [0.25, 0.3) is 5.91 Å². The Balaban J connectivity index is 0.000000254. The van der Waals surface area contributed by atoms with Crippen LogP contribution >= 0.6 is 0 Å². The lowest BCUT2D eigenvalue weighted by atomic mass is 9.83. The highest BCUT2D eigenvalue weighted by Crippen LogP contribution is 2.28. The van der Waals surface area contributed by atoms with Gasteiger partial charge in [0.1, 0.15) is 22.9 Å². The maximum Gasteiger partial charge on any atom is 0.410 e. The van der Waals surface area contributed by atoms with E-state index < -0.39 is 23.2 Å². The van der Waals surface area contributed by atoms with Crippen LogP contribution in [0.2, 0.25) is 0 Å². The molecule has 2 aromatic rings. The molecule has 4 amide bonds. The molecular formula is C50H79N7O9. The summed E-state index contributed by atoms with van der Waals surface area (Å²) in [5, 5.41) is 37.9. The number of aliphatic carboxylic acids is 1. The maximum atomic E-state index is 13.6. The molecule has 0 radical (unpaired) electrons. The number of rotatable bonds is 10. The number of nitrogens with zero attached hydrogens (tertiary/aromatic N) is 4. The number of aliphatic hydroxyl groups is 1. The fourth-order valence-electron chi connectivity index (χ4n) is 8.93. The Kier molecular flexibility index (Phi) is 20.6. The number of aromatic nitrogens is 1. The first-order valence-corrected chi connectivity index (χ1v) is 24.3. The molecule has 16 nitrogen and oxygen atoms in total. The van der Waals surface area contributed by atoms with E-state index in [0.29, 0.717) is 68.9 Å². The summed E-state index contributed by atoms with van der Waals surface area (Å²) in [6.07, 6.45) is 8.47. The quantitative estimate of drug-likeness (QED) is 0.159. The number of carbonyl (C=O) groups excluding carboxylic acids is 4. The van der Waals surface area contributed by atoms with Gasteiger partial charge in [-0.2, -0.15) is 5.26 Å². The molecule has 4 fully saturated rings. The van der Waals surface area contributed by atoms with Crippen LogP contribution in [0.5, 0.6) is 0 Å². The summed E-state index contributed by atoms with van der Waals surface area (Å²) in [7, 11) is 0. The van der Waals surface area contributed by atoms with Crippen LogP contribution in [0.1, 0.15) is 137 Å². The molecule has 1 aromatic carbocycles. The van der Waals surface area contributed by atoms with Crippen molar-refractivity contribution in [3.05, 3.63) is 36.0 Å². The molecule has 3 atom stereocenters. The fraction of sp³-hybridized carbons (Fsp3) is 0.720. The Hall–Kier alpha value is -4.88. The molecule has 4 heterocycles. The van der Waals surface area contributed by atoms with Crippen molar-refractivity contribution in [2.45, 2.75) is 156 Å². The molecule has 3 aliphatic heterocycles. The Morgan fingerprint density at radius 1 is 0.818 bits per heavy atom. The van der Waals surface area contributed by atoms with Gasteiger partial charge < -0.3 is 50.0 Å². The first-order chi connectivity index (χ1) is 31.2. The van der Waals surface area contributed by atoms with Crippen molar-refractivity contribution >= 4 is 40.9 Å². The second-order valence-corrected chi connectivity index (χ2v) is 20.9. The Morgan fingerprint density at radius 3 is 1.91 bits per heavy atom. The van der Waals surface area contributed by atoms with Crippen LogP contribution in [0.4, 0.5) is 9.59 Å². The molecule has 1 saturated carbocycles. The number of ether oxygens (including phenoxy) is 2. The number of likely N-dealkylation sites (tertiary alicyclic amines) is 2. The third-order valence-electron chi connectivity index (χ3n) is 12.6. The van der Waals surface area contributed by atoms with E-state index in [-0.39, 0.29) is 48.5 Å². The number of para-hydroxylation sites is 1. The van der Waals surface area contributed by atoms with E-state index in [9.17, 15) is 29.2 Å². The lowest BCUT2D eigenvalue weighted by Gasteiger charge is -2.32. The number of fused-ring (bicyclic) bond motifs is 1. The van der Waals surface area contributed by atoms with Crippen molar-refractivity contribution in [3.63, 3.8) is 0 Å². The van der Waals surface area contributed by atoms with E-state index in [1.807, 2.05) is 73.6 Å². The van der Waals surface area contributed by atoms with Gasteiger partial charge in [-0.1, -0.05) is 44.9 Å². The average molecular weight is 922 g/mol. The number of nitriles is 1. The molecule has 66 heavy (non-hydrogen) atoms. The number of hydrogen-bond acceptors (Lipinski definition) is 10. The van der Waals surface area contributed by atoms with Crippen LogP contribution in [-0.4, -0.2) is 124 Å². The highest BCUT2D eigenvalue weighted by molar-refractivity contribution is 5.99. The molecule has 3 saturated heterocycles. The molecule has 1 aromatic heterocycles. The molecule has 5 N–H and O–H groups in total. The first kappa shape index (κ1) is 53.7. The van der Waals surface area contributed by atoms with E-state index in [4.69, 9.17) is 19.7 Å². The molecule has 1 aliphatic carbocycles. The van der Waals surface area contributed by atoms with Gasteiger partial charge in [0.2, 0.25) is 5.91 Å². The van der Waals surface area contributed by atoms with Crippen molar-refractivity contribution < 1.29 is 43.7 Å². The van der Waals surface area contributed by atoms with Crippen molar-refractivity contribution in [2.24, 2.45) is 29.6 Å². The number of hydrogen-bond donors (Lipinski definition) is 5. The number of carbonyl (C=O) groups is 5. The van der Waals surface area contributed by atoms with Crippen molar-refractivity contribution in [1.82, 2.24) is 30.3 Å². The normalized spacial score (nSPS) is 20.4. The Bertz CT molecular complexity index is 1930. The SMILES string of the molecule is CC(C)(C)OC(=O)N1CCC(C(=O)O)CC1.CC(C)(C)OC(=O)N1CCC(CO)CC1.CC(C)C[C@@H](C#N)NC(=O)[C@@H]1CCCC[C@@H]1NC(=O)c1cc2ccccc2n1CC1CCNCC1. The molecular weight excluding hydrogens is 843 g/mol. The van der Waals surface area contributed by atoms with Crippen LogP contribution < -0.4 is 16.0 Å². The Labute approximate surface area is 392 Å². The molecule has 16 heteroatoms. The number of amides is 4. The lowest BCUT2D eigenvalue weighted by molar-refractivity contribution is -0.143. The third kappa shape index (κ3) is 17.4. The van der Waals surface area contributed by atoms with E-state index in [0.717, 1.165) is 81.9 Å². The number of nitrogens with one attached hydrogen (secondary N) is 3. The number of benzene rings is 1. The summed E-state index contributed by atoms with van der Waals surface area (Å²) < 4.78 is 12.7. The van der Waals surface area contributed by atoms with Crippen LogP contribution in [0, 0.1) is 40.9 Å². The van der Waals surface area contributed by atoms with E-state index in [2.05, 4.69) is 38.7 Å². The second kappa shape index (κ2) is 25.3. The molecule has 0 bridgehead atoms. The van der Waals surface area contributed by atoms with Gasteiger partial charge in [-0.05, 0) is 142 Å². The topological polar surface area (TPSA) is 216 Å². The van der Waals surface area contributed by atoms with E-state index in [1.165, 1.54) is 0 Å². The summed E-state index contributed by atoms with van der Waals surface area (Å²) in [6, 6.07) is 11.7. The first-order valence-electron chi connectivity index (χ1n) is 24.3. The zero-order chi connectivity index (χ0) is 48.6. The molecule has 6 rings (SSSR count).